The van der Waals surface area contributed by atoms with E-state index in [0.29, 0.717) is 0 Å². The fraction of sp³-hybridized carbons (Fsp3) is 0.556. The van der Waals surface area contributed by atoms with Crippen molar-refractivity contribution in [2.45, 2.75) is 24.8 Å². The van der Waals surface area contributed by atoms with Gasteiger partial charge in [0.05, 0.1) is 12.5 Å². The Hall–Kier alpha value is -1.22. The van der Waals surface area contributed by atoms with E-state index in [-0.39, 0.29) is 5.56 Å². The molecule has 3 N–H and O–H groups in total. The molecule has 1 unspecified atom stereocenters. The lowest BCUT2D eigenvalue weighted by molar-refractivity contribution is -0.291. The van der Waals surface area contributed by atoms with E-state index in [2.05, 4.69) is 4.42 Å². The predicted molar refractivity (Wildman–Crippen MR) is 49.1 cm³/mol. The minimum Gasteiger partial charge on any atom is -0.472 e. The number of rotatable bonds is 4. The van der Waals surface area contributed by atoms with Gasteiger partial charge in [-0.05, 0) is 18.1 Å². The quantitative estimate of drug-likeness (QED) is 0.504. The van der Waals surface area contributed by atoms with E-state index in [1.54, 1.807) is 5.43 Å². The van der Waals surface area contributed by atoms with Gasteiger partial charge in [0.15, 0.2) is 5.92 Å². The standard InChI is InChI=1S/C9H10F6N2O/c10-8(11,12)7(9(13,14)15)6(17-16)3-5-1-2-18-4-5/h1-2,4,6-7,17H,3,16H2. The first-order valence-electron chi connectivity index (χ1n) is 4.77. The summed E-state index contributed by atoms with van der Waals surface area (Å²) in [6.45, 7) is 0. The van der Waals surface area contributed by atoms with Gasteiger partial charge in [-0.1, -0.05) is 0 Å². The molecule has 0 radical (unpaired) electrons. The van der Waals surface area contributed by atoms with E-state index in [9.17, 15) is 26.3 Å². The van der Waals surface area contributed by atoms with E-state index in [4.69, 9.17) is 5.84 Å². The van der Waals surface area contributed by atoms with Crippen molar-refractivity contribution in [2.75, 3.05) is 0 Å². The zero-order valence-electron chi connectivity index (χ0n) is 8.85. The normalized spacial score (nSPS) is 15.1. The average molecular weight is 276 g/mol. The molecule has 18 heavy (non-hydrogen) atoms. The van der Waals surface area contributed by atoms with Crippen molar-refractivity contribution in [1.29, 1.82) is 0 Å². The third-order valence-corrected chi connectivity index (χ3v) is 2.36. The molecule has 0 saturated heterocycles. The van der Waals surface area contributed by atoms with Crippen molar-refractivity contribution < 1.29 is 30.8 Å². The first-order chi connectivity index (χ1) is 8.16. The van der Waals surface area contributed by atoms with Crippen molar-refractivity contribution in [2.24, 2.45) is 11.8 Å². The molecule has 0 aliphatic heterocycles. The molecule has 1 aromatic heterocycles. The molecule has 1 rings (SSSR count). The molecule has 1 aromatic rings. The monoisotopic (exact) mass is 276 g/mol. The molecule has 3 nitrogen and oxygen atoms in total. The van der Waals surface area contributed by atoms with Crippen LogP contribution in [-0.2, 0) is 6.42 Å². The van der Waals surface area contributed by atoms with Gasteiger partial charge < -0.3 is 4.42 Å². The number of nitrogens with two attached hydrogens (primary N) is 1. The second-order valence-electron chi connectivity index (χ2n) is 3.67. The Morgan fingerprint density at radius 3 is 2.06 bits per heavy atom. The van der Waals surface area contributed by atoms with Crippen LogP contribution in [-0.4, -0.2) is 18.4 Å². The smallest absolute Gasteiger partial charge is 0.402 e. The van der Waals surface area contributed by atoms with Crippen molar-refractivity contribution >= 4 is 0 Å². The molecule has 0 spiro atoms. The molecule has 9 heteroatoms. The Balaban J connectivity index is 2.95. The van der Waals surface area contributed by atoms with Crippen LogP contribution in [0.1, 0.15) is 5.56 Å². The fourth-order valence-electron chi connectivity index (χ4n) is 1.58. The molecule has 0 fully saturated rings. The summed E-state index contributed by atoms with van der Waals surface area (Å²) < 4.78 is 79.2. The van der Waals surface area contributed by atoms with E-state index >= 15 is 0 Å². The Morgan fingerprint density at radius 2 is 1.72 bits per heavy atom. The molecule has 0 aromatic carbocycles. The minimum absolute atomic E-state index is 0.191. The van der Waals surface area contributed by atoms with Crippen molar-refractivity contribution in [3.05, 3.63) is 24.2 Å². The Labute approximate surface area is 97.9 Å². The third kappa shape index (κ3) is 3.64. The summed E-state index contributed by atoms with van der Waals surface area (Å²) in [5.41, 5.74) is 1.76. The number of nitrogens with one attached hydrogen (secondary N) is 1. The summed E-state index contributed by atoms with van der Waals surface area (Å²) in [6.07, 6.45) is -9.19. The van der Waals surface area contributed by atoms with E-state index < -0.39 is 30.7 Å². The summed E-state index contributed by atoms with van der Waals surface area (Å²) in [4.78, 5) is 0. The predicted octanol–water partition coefficient (Wildman–Crippen LogP) is 2.39. The van der Waals surface area contributed by atoms with Crippen LogP contribution in [0.5, 0.6) is 0 Å². The second-order valence-corrected chi connectivity index (χ2v) is 3.67. The number of alkyl halides is 6. The maximum absolute atomic E-state index is 12.4. The molecular weight excluding hydrogens is 266 g/mol. The molecule has 0 aliphatic carbocycles. The third-order valence-electron chi connectivity index (χ3n) is 2.36. The molecule has 0 amide bonds. The van der Waals surface area contributed by atoms with Gasteiger partial charge in [0.1, 0.15) is 0 Å². The van der Waals surface area contributed by atoms with Crippen LogP contribution in [0.25, 0.3) is 0 Å². The highest BCUT2D eigenvalue weighted by Gasteiger charge is 2.60. The highest BCUT2D eigenvalue weighted by molar-refractivity contribution is 5.08. The van der Waals surface area contributed by atoms with Gasteiger partial charge in [-0.15, -0.1) is 0 Å². The Kier molecular flexibility index (Phi) is 4.28. The summed E-state index contributed by atoms with van der Waals surface area (Å²) in [5.74, 6) is 1.27. The molecule has 0 saturated carbocycles. The number of hydrogen-bond donors (Lipinski definition) is 2. The summed E-state index contributed by atoms with van der Waals surface area (Å²) >= 11 is 0. The average Bonchev–Trinajstić information content (AvgIpc) is 2.64. The topological polar surface area (TPSA) is 51.2 Å². The molecule has 0 bridgehead atoms. The second kappa shape index (κ2) is 5.19. The Bertz CT molecular complexity index is 344. The van der Waals surface area contributed by atoms with Crippen LogP contribution in [0, 0.1) is 5.92 Å². The van der Waals surface area contributed by atoms with Gasteiger partial charge in [-0.2, -0.15) is 26.3 Å². The van der Waals surface area contributed by atoms with E-state index in [1.165, 1.54) is 6.07 Å². The summed E-state index contributed by atoms with van der Waals surface area (Å²) in [6, 6.07) is -0.740. The number of hydrogen-bond acceptors (Lipinski definition) is 3. The van der Waals surface area contributed by atoms with Crippen LogP contribution in [0.3, 0.4) is 0 Å². The van der Waals surface area contributed by atoms with Crippen LogP contribution in [0.15, 0.2) is 23.0 Å². The number of hydrazine groups is 1. The maximum Gasteiger partial charge on any atom is 0.402 e. The highest BCUT2D eigenvalue weighted by Crippen LogP contribution is 2.41. The molecule has 104 valence electrons. The number of furan rings is 1. The van der Waals surface area contributed by atoms with Gasteiger partial charge in [-0.25, -0.2) is 0 Å². The van der Waals surface area contributed by atoms with Crippen LogP contribution in [0.4, 0.5) is 26.3 Å². The maximum atomic E-state index is 12.4. The zero-order chi connectivity index (χ0) is 14.0. The zero-order valence-corrected chi connectivity index (χ0v) is 8.85. The fourth-order valence-corrected chi connectivity index (χ4v) is 1.58. The molecule has 0 aliphatic rings. The largest absolute Gasteiger partial charge is 0.472 e. The number of halogens is 6. The van der Waals surface area contributed by atoms with Gasteiger partial charge in [-0.3, -0.25) is 11.3 Å². The Morgan fingerprint density at radius 1 is 1.17 bits per heavy atom. The van der Waals surface area contributed by atoms with Crippen LogP contribution < -0.4 is 11.3 Å². The molecular formula is C9H10F6N2O. The van der Waals surface area contributed by atoms with Crippen LogP contribution in [0.2, 0.25) is 0 Å². The first-order valence-corrected chi connectivity index (χ1v) is 4.77. The first kappa shape index (κ1) is 14.8. The van der Waals surface area contributed by atoms with Gasteiger partial charge in [0.2, 0.25) is 0 Å². The molecule has 1 atom stereocenters. The van der Waals surface area contributed by atoms with E-state index in [1.807, 2.05) is 0 Å². The van der Waals surface area contributed by atoms with Crippen LogP contribution >= 0.6 is 0 Å². The lowest BCUT2D eigenvalue weighted by Crippen LogP contribution is -2.54. The van der Waals surface area contributed by atoms with Gasteiger partial charge >= 0.3 is 12.4 Å². The minimum atomic E-state index is -5.43. The lowest BCUT2D eigenvalue weighted by atomic mass is 9.94. The van der Waals surface area contributed by atoms with Gasteiger partial charge in [0.25, 0.3) is 0 Å². The summed E-state index contributed by atoms with van der Waals surface area (Å²) in [5, 5.41) is 0. The van der Waals surface area contributed by atoms with E-state index in [0.717, 1.165) is 12.5 Å². The van der Waals surface area contributed by atoms with Crippen molar-refractivity contribution in [1.82, 2.24) is 5.43 Å². The van der Waals surface area contributed by atoms with Crippen molar-refractivity contribution in [3.8, 4) is 0 Å². The summed E-state index contributed by atoms with van der Waals surface area (Å²) in [7, 11) is 0. The lowest BCUT2D eigenvalue weighted by Gasteiger charge is -2.29. The van der Waals surface area contributed by atoms with Gasteiger partial charge in [0, 0.05) is 6.04 Å². The molecule has 1 heterocycles. The SMILES string of the molecule is NNC(Cc1ccoc1)C(C(F)(F)F)C(F)(F)F. The van der Waals surface area contributed by atoms with Crippen molar-refractivity contribution in [3.63, 3.8) is 0 Å². The highest BCUT2D eigenvalue weighted by atomic mass is 19.4.